The highest BCUT2D eigenvalue weighted by Gasteiger charge is 2.40. The number of nitrogens with one attached hydrogen (secondary N) is 1. The maximum absolute atomic E-state index is 12.6. The SMILES string of the molecule is CC(C)(C)OC(=O)N(C(=O)OC(C)(C)C)c1ccc(Br)c(CO)n1.CN(C)Cc1nc(N)ccc1C1CCC1.CN(C)Cc1nc(NC(=O)OC(C)(C)C)ccc1C1(O)CCC1.COC(=O)c1nc(N(C(=O)OC(C)(C)C)C(=O)OC(C)(C)C)ccc1Br.Cc1ccc(Br)c(CN(C)C)n1.Cc1ccc(Br)c(CN(C)C)n1.O=C1CCC1. The van der Waals surface area contributed by atoms with Crippen LogP contribution in [0.15, 0.2) is 90.7 Å². The Morgan fingerprint density at radius 3 is 1.21 bits per heavy atom. The lowest BCUT2D eigenvalue weighted by atomic mass is 9.74. The van der Waals surface area contributed by atoms with Crippen LogP contribution >= 0.6 is 63.7 Å². The minimum atomic E-state index is -0.975. The summed E-state index contributed by atoms with van der Waals surface area (Å²) < 4.78 is 34.0. The molecule has 33 heteroatoms. The number of aliphatic hydroxyl groups excluding tert-OH is 1. The molecule has 648 valence electrons. The van der Waals surface area contributed by atoms with Gasteiger partial charge >= 0.3 is 36.4 Å². The van der Waals surface area contributed by atoms with Gasteiger partial charge in [0.1, 0.15) is 57.1 Å². The summed E-state index contributed by atoms with van der Waals surface area (Å²) in [6.45, 7) is 32.4. The largest absolute Gasteiger partial charge is 0.464 e. The van der Waals surface area contributed by atoms with Gasteiger partial charge in [-0.05, 0) is 348 Å². The minimum Gasteiger partial charge on any atom is -0.464 e. The van der Waals surface area contributed by atoms with Crippen LogP contribution in [0.1, 0.15) is 229 Å². The molecule has 3 aliphatic carbocycles. The van der Waals surface area contributed by atoms with Crippen LogP contribution in [0.2, 0.25) is 0 Å². The van der Waals surface area contributed by atoms with Crippen molar-refractivity contribution in [3.8, 4) is 0 Å². The highest BCUT2D eigenvalue weighted by molar-refractivity contribution is 9.11. The number of anilines is 4. The highest BCUT2D eigenvalue weighted by Crippen LogP contribution is 2.43. The molecule has 6 aromatic rings. The number of ether oxygens (including phenoxy) is 6. The molecular weight excluding hydrogens is 1760 g/mol. The van der Waals surface area contributed by atoms with Crippen molar-refractivity contribution in [1.82, 2.24) is 49.5 Å². The molecular formula is C84H124Br4N14O15. The molecule has 0 atom stereocenters. The molecule has 0 aliphatic heterocycles. The Kier molecular flexibility index (Phi) is 41.3. The van der Waals surface area contributed by atoms with Gasteiger partial charge in [-0.1, -0.05) is 18.6 Å². The molecule has 0 saturated heterocycles. The fourth-order valence-corrected chi connectivity index (χ4v) is 11.7. The molecule has 0 unspecified atom stereocenters. The molecule has 3 fully saturated rings. The van der Waals surface area contributed by atoms with Gasteiger partial charge in [0.15, 0.2) is 5.69 Å². The average molecular weight is 1890 g/mol. The van der Waals surface area contributed by atoms with Crippen LogP contribution in [0.25, 0.3) is 0 Å². The van der Waals surface area contributed by atoms with Gasteiger partial charge in [-0.3, -0.25) is 20.1 Å². The number of hydrogen-bond acceptors (Lipinski definition) is 26. The number of carbonyl (C=O) groups excluding carboxylic acids is 7. The second kappa shape index (κ2) is 46.7. The Morgan fingerprint density at radius 2 is 0.863 bits per heavy atom. The van der Waals surface area contributed by atoms with E-state index < -0.39 is 70.0 Å². The van der Waals surface area contributed by atoms with Crippen LogP contribution in [0.3, 0.4) is 0 Å². The Hall–Kier alpha value is -7.73. The van der Waals surface area contributed by atoms with Gasteiger partial charge in [0, 0.05) is 69.4 Å². The Labute approximate surface area is 725 Å². The fraction of sp³-hybridized carbons (Fsp3) is 0.560. The molecule has 29 nitrogen and oxygen atoms in total. The zero-order valence-electron chi connectivity index (χ0n) is 73.1. The van der Waals surface area contributed by atoms with Gasteiger partial charge in [0.2, 0.25) is 0 Å². The van der Waals surface area contributed by atoms with Crippen LogP contribution in [-0.4, -0.2) is 193 Å². The first-order valence-corrected chi connectivity index (χ1v) is 41.5. The number of amides is 5. The maximum atomic E-state index is 12.6. The predicted octanol–water partition coefficient (Wildman–Crippen LogP) is 18.3. The minimum absolute atomic E-state index is 0.00532. The average Bonchev–Trinajstić information content (AvgIpc) is 0.781. The number of halogens is 4. The number of aromatic nitrogens is 6. The third-order valence-electron chi connectivity index (χ3n) is 15.8. The van der Waals surface area contributed by atoms with E-state index >= 15 is 0 Å². The molecule has 6 heterocycles. The molecule has 6 aromatic heterocycles. The summed E-state index contributed by atoms with van der Waals surface area (Å²) >= 11 is 13.4. The maximum Gasteiger partial charge on any atom is 0.425 e. The first-order chi connectivity index (χ1) is 53.9. The van der Waals surface area contributed by atoms with Gasteiger partial charge in [-0.15, -0.1) is 0 Å². The van der Waals surface area contributed by atoms with Gasteiger partial charge in [-0.2, -0.15) is 9.80 Å². The lowest BCUT2D eigenvalue weighted by molar-refractivity contribution is -0.123. The zero-order valence-corrected chi connectivity index (χ0v) is 79.4. The molecule has 0 spiro atoms. The summed E-state index contributed by atoms with van der Waals surface area (Å²) in [5.41, 5.74) is 9.82. The number of imide groups is 2. The van der Waals surface area contributed by atoms with Crippen molar-refractivity contribution in [2.24, 2.45) is 0 Å². The van der Waals surface area contributed by atoms with Gasteiger partial charge in [0.05, 0.1) is 52.3 Å². The summed E-state index contributed by atoms with van der Waals surface area (Å²) in [5, 5.41) is 22.6. The molecule has 0 aromatic carbocycles. The number of nitrogen functional groups attached to an aromatic ring is 1. The van der Waals surface area contributed by atoms with Crippen LogP contribution < -0.4 is 20.9 Å². The van der Waals surface area contributed by atoms with Crippen LogP contribution in [0, 0.1) is 13.8 Å². The topological polar surface area (TPSA) is 350 Å². The molecule has 3 saturated carbocycles. The molecule has 117 heavy (non-hydrogen) atoms. The highest BCUT2D eigenvalue weighted by atomic mass is 79.9. The van der Waals surface area contributed by atoms with Crippen molar-refractivity contribution < 1.29 is 72.2 Å². The van der Waals surface area contributed by atoms with E-state index in [1.54, 1.807) is 95.2 Å². The quantitative estimate of drug-likeness (QED) is 0.0548. The molecule has 5 N–H and O–H groups in total. The number of esters is 1. The van der Waals surface area contributed by atoms with E-state index in [0.717, 1.165) is 113 Å². The number of Topliss-reactive ketones (excluding diaryl/α,β-unsaturated/α-hetero) is 1. The van der Waals surface area contributed by atoms with Gasteiger partial charge < -0.3 is 64.0 Å². The molecule has 0 bridgehead atoms. The van der Waals surface area contributed by atoms with E-state index in [0.29, 0.717) is 42.7 Å². The lowest BCUT2D eigenvalue weighted by Gasteiger charge is -2.38. The monoisotopic (exact) mass is 1880 g/mol. The summed E-state index contributed by atoms with van der Waals surface area (Å²) in [5.74, 6) is 1.38. The third kappa shape index (κ3) is 38.9. The zero-order chi connectivity index (χ0) is 89.1. The predicted molar refractivity (Wildman–Crippen MR) is 470 cm³/mol. The van der Waals surface area contributed by atoms with E-state index in [-0.39, 0.29) is 29.6 Å². The first kappa shape index (κ1) is 103. The number of nitrogens with two attached hydrogens (primary N) is 1. The van der Waals surface area contributed by atoms with Crippen molar-refractivity contribution >= 4 is 129 Å². The van der Waals surface area contributed by atoms with Crippen molar-refractivity contribution in [1.29, 1.82) is 0 Å². The van der Waals surface area contributed by atoms with E-state index in [1.165, 1.54) is 50.1 Å². The lowest BCUT2D eigenvalue weighted by Crippen LogP contribution is -2.44. The number of aryl methyl sites for hydroxylation is 2. The van der Waals surface area contributed by atoms with Gasteiger partial charge in [-0.25, -0.2) is 48.7 Å². The number of methoxy groups -OCH3 is 1. The van der Waals surface area contributed by atoms with Crippen molar-refractivity contribution in [3.05, 3.63) is 147 Å². The molecule has 9 rings (SSSR count). The summed E-state index contributed by atoms with van der Waals surface area (Å²) in [4.78, 5) is 119. The van der Waals surface area contributed by atoms with Crippen LogP contribution in [-0.2, 0) is 71.6 Å². The molecule has 5 amide bonds. The normalized spacial score (nSPS) is 13.6. The third-order valence-corrected chi connectivity index (χ3v) is 18.6. The molecule has 3 aliphatic rings. The Bertz CT molecular complexity index is 4160. The van der Waals surface area contributed by atoms with Crippen molar-refractivity contribution in [3.63, 3.8) is 0 Å². The second-order valence-corrected chi connectivity index (χ2v) is 37.5. The van der Waals surface area contributed by atoms with Crippen molar-refractivity contribution in [2.45, 2.75) is 248 Å². The summed E-state index contributed by atoms with van der Waals surface area (Å²) in [7, 11) is 17.4. The first-order valence-electron chi connectivity index (χ1n) is 38.3. The van der Waals surface area contributed by atoms with E-state index in [1.807, 2.05) is 118 Å². The van der Waals surface area contributed by atoms with Crippen LogP contribution in [0.4, 0.5) is 47.2 Å². The van der Waals surface area contributed by atoms with E-state index in [2.05, 4.69) is 139 Å². The van der Waals surface area contributed by atoms with E-state index in [4.69, 9.17) is 29.4 Å². The Morgan fingerprint density at radius 1 is 0.479 bits per heavy atom. The van der Waals surface area contributed by atoms with E-state index in [9.17, 15) is 43.8 Å². The standard InChI is InChI=1S/C17H23BrN2O6.C17H27N3O3.C16H23BrN2O5.C12H19N3.2C9H13BrN2.C4H6O/c1-16(2,3)25-14(22)20(15(23)26-17(4,5)6)11-9-8-10(18)12(19-11)13(21)24-7;1-16(2,3)23-15(21)19-14-8-7-12(17(22)9-6-10-17)13(18-14)11-20(4)5;1-15(2,3)23-13(21)19(14(22)24-16(4,5)6)12-8-7-10(17)11(9-20)18-12;1-15(2)8-11-10(9-4-3-5-9)6-7-12(13)14-11;2*1-7-4-5-8(10)9(11-7)6-12(2)3;5-4-2-1-3-4/h8-9H,1-7H3;7-8,22H,6,9-11H2,1-5H3,(H,18,19,21);7-8,20H,9H2,1-6H3;6-7,9H,3-5,8H2,1-2H3,(H2,13,14);2*4-5H,6H2,1-3H3;1-3H2. The number of hydrogen-bond donors (Lipinski definition) is 4. The number of carbonyl (C=O) groups is 7. The van der Waals surface area contributed by atoms with Crippen molar-refractivity contribution in [2.75, 3.05) is 84.3 Å². The summed E-state index contributed by atoms with van der Waals surface area (Å²) in [6.07, 6.45) is 5.06. The Balaban J connectivity index is 0.000000366. The number of nitrogens with zero attached hydrogens (tertiary/aromatic N) is 12. The molecule has 0 radical (unpaired) electrons. The smallest absolute Gasteiger partial charge is 0.425 e. The second-order valence-electron chi connectivity index (χ2n) is 34.0. The number of aliphatic hydroxyl groups is 2. The number of ketones is 1. The summed E-state index contributed by atoms with van der Waals surface area (Å²) in [6, 6.07) is 21.6. The number of rotatable bonds is 15. The van der Waals surface area contributed by atoms with Gasteiger partial charge in [0.25, 0.3) is 0 Å². The fourth-order valence-electron chi connectivity index (χ4n) is 10.2. The van der Waals surface area contributed by atoms with Crippen LogP contribution in [0.5, 0.6) is 0 Å². The number of pyridine rings is 6.